The zero-order valence-electron chi connectivity index (χ0n) is 8.91. The van der Waals surface area contributed by atoms with Crippen LogP contribution >= 0.6 is 15.9 Å². The molecule has 1 heterocycles. The third kappa shape index (κ3) is 3.12. The van der Waals surface area contributed by atoms with E-state index < -0.39 is 23.7 Å². The summed E-state index contributed by atoms with van der Waals surface area (Å²) in [5.74, 6) is -1.25. The summed E-state index contributed by atoms with van der Waals surface area (Å²) >= 11 is 3.00. The fourth-order valence-corrected chi connectivity index (χ4v) is 1.61. The van der Waals surface area contributed by atoms with Crippen molar-refractivity contribution in [2.24, 2.45) is 0 Å². The third-order valence-corrected chi connectivity index (χ3v) is 2.47. The number of rotatable bonds is 4. The first-order valence-electron chi connectivity index (χ1n) is 4.75. The molecule has 1 aromatic heterocycles. The van der Waals surface area contributed by atoms with E-state index in [4.69, 9.17) is 0 Å². The molecular formula is C10H10BrF2NO3. The summed E-state index contributed by atoms with van der Waals surface area (Å²) < 4.78 is 30.0. The van der Waals surface area contributed by atoms with Gasteiger partial charge in [-0.2, -0.15) is 0 Å². The predicted octanol–water partition coefficient (Wildman–Crippen LogP) is 2.80. The van der Waals surface area contributed by atoms with Crippen molar-refractivity contribution in [1.82, 2.24) is 4.98 Å². The number of hydrogen-bond donors (Lipinski definition) is 1. The molecule has 0 unspecified atom stereocenters. The topological polar surface area (TPSA) is 59.4 Å². The first kappa shape index (κ1) is 13.8. The molecule has 0 radical (unpaired) electrons. The fourth-order valence-electron chi connectivity index (χ4n) is 1.19. The molecule has 1 aromatic rings. The second-order valence-electron chi connectivity index (χ2n) is 3.04. The van der Waals surface area contributed by atoms with Gasteiger partial charge in [-0.15, -0.1) is 0 Å². The van der Waals surface area contributed by atoms with Crippen LogP contribution in [0, 0.1) is 0 Å². The van der Waals surface area contributed by atoms with Crippen molar-refractivity contribution in [3.05, 3.63) is 23.0 Å². The van der Waals surface area contributed by atoms with Gasteiger partial charge in [-0.25, -0.2) is 18.6 Å². The Hall–Kier alpha value is -1.24. The van der Waals surface area contributed by atoms with E-state index in [1.165, 1.54) is 0 Å². The highest BCUT2D eigenvalue weighted by molar-refractivity contribution is 9.08. The van der Waals surface area contributed by atoms with Crippen molar-refractivity contribution in [2.75, 3.05) is 6.61 Å². The normalized spacial score (nSPS) is 10.6. The molecule has 0 saturated heterocycles. The van der Waals surface area contributed by atoms with Crippen LogP contribution in [0.25, 0.3) is 0 Å². The molecule has 1 N–H and O–H groups in total. The molecule has 0 aliphatic carbocycles. The Morgan fingerprint density at radius 1 is 1.65 bits per heavy atom. The van der Waals surface area contributed by atoms with Gasteiger partial charge in [0.1, 0.15) is 11.4 Å². The lowest BCUT2D eigenvalue weighted by molar-refractivity contribution is 0.0512. The molecule has 0 saturated carbocycles. The van der Waals surface area contributed by atoms with E-state index in [1.807, 2.05) is 0 Å². The Morgan fingerprint density at radius 3 is 2.76 bits per heavy atom. The summed E-state index contributed by atoms with van der Waals surface area (Å²) in [4.78, 5) is 14.9. The van der Waals surface area contributed by atoms with Gasteiger partial charge in [-0.05, 0) is 13.0 Å². The molecule has 0 atom stereocenters. The molecule has 0 aromatic carbocycles. The van der Waals surface area contributed by atoms with Crippen LogP contribution in [0.4, 0.5) is 8.78 Å². The lowest BCUT2D eigenvalue weighted by Crippen LogP contribution is -2.11. The highest BCUT2D eigenvalue weighted by Gasteiger charge is 2.23. The number of aromatic nitrogens is 1. The van der Waals surface area contributed by atoms with Gasteiger partial charge in [0.25, 0.3) is 6.43 Å². The standard InChI is InChI=1S/C10H10BrF2NO3/c1-2-17-10(16)5-3-7(15)6(4-11)14-8(5)9(12)13/h3,9,15H,2,4H2,1H3. The highest BCUT2D eigenvalue weighted by atomic mass is 79.9. The van der Waals surface area contributed by atoms with Gasteiger partial charge >= 0.3 is 5.97 Å². The Balaban J connectivity index is 3.27. The highest BCUT2D eigenvalue weighted by Crippen LogP contribution is 2.28. The number of pyridine rings is 1. The minimum atomic E-state index is -2.91. The van der Waals surface area contributed by atoms with Crippen LogP contribution in [-0.2, 0) is 10.1 Å². The maximum Gasteiger partial charge on any atom is 0.340 e. The summed E-state index contributed by atoms with van der Waals surface area (Å²) in [6.45, 7) is 1.61. The van der Waals surface area contributed by atoms with Crippen LogP contribution in [0.3, 0.4) is 0 Å². The largest absolute Gasteiger partial charge is 0.506 e. The van der Waals surface area contributed by atoms with Crippen LogP contribution < -0.4 is 0 Å². The summed E-state index contributed by atoms with van der Waals surface area (Å²) in [6.07, 6.45) is -2.91. The zero-order chi connectivity index (χ0) is 13.0. The maximum atomic E-state index is 12.7. The van der Waals surface area contributed by atoms with Crippen molar-refractivity contribution >= 4 is 21.9 Å². The lowest BCUT2D eigenvalue weighted by Gasteiger charge is -2.10. The number of aromatic hydroxyl groups is 1. The van der Waals surface area contributed by atoms with E-state index in [2.05, 4.69) is 25.7 Å². The maximum absolute atomic E-state index is 12.7. The molecule has 94 valence electrons. The fraction of sp³-hybridized carbons (Fsp3) is 0.400. The number of ether oxygens (including phenoxy) is 1. The molecule has 4 nitrogen and oxygen atoms in total. The molecule has 0 amide bonds. The smallest absolute Gasteiger partial charge is 0.340 e. The molecule has 0 aliphatic rings. The Kier molecular flexibility index (Phi) is 4.80. The monoisotopic (exact) mass is 309 g/mol. The van der Waals surface area contributed by atoms with E-state index in [-0.39, 0.29) is 23.4 Å². The molecule has 0 fully saturated rings. The number of esters is 1. The molecule has 7 heteroatoms. The summed E-state index contributed by atoms with van der Waals surface area (Å²) in [6, 6.07) is 0.947. The van der Waals surface area contributed by atoms with Gasteiger partial charge in [0.05, 0.1) is 17.9 Å². The molecule has 0 bridgehead atoms. The minimum Gasteiger partial charge on any atom is -0.506 e. The Labute approximate surface area is 105 Å². The second-order valence-corrected chi connectivity index (χ2v) is 3.60. The van der Waals surface area contributed by atoms with Gasteiger partial charge < -0.3 is 9.84 Å². The Bertz CT molecular complexity index is 426. The van der Waals surface area contributed by atoms with Crippen molar-refractivity contribution in [3.63, 3.8) is 0 Å². The number of carbonyl (C=O) groups excluding carboxylic acids is 1. The SMILES string of the molecule is CCOC(=O)c1cc(O)c(CBr)nc1C(F)F. The first-order valence-corrected chi connectivity index (χ1v) is 5.87. The average Bonchev–Trinajstić information content (AvgIpc) is 2.28. The number of halogens is 3. The van der Waals surface area contributed by atoms with E-state index in [1.54, 1.807) is 6.92 Å². The molecular weight excluding hydrogens is 300 g/mol. The van der Waals surface area contributed by atoms with Crippen LogP contribution in [0.2, 0.25) is 0 Å². The van der Waals surface area contributed by atoms with Gasteiger partial charge in [0, 0.05) is 5.33 Å². The molecule has 0 aliphatic heterocycles. The van der Waals surface area contributed by atoms with Crippen LogP contribution in [0.15, 0.2) is 6.07 Å². The van der Waals surface area contributed by atoms with Crippen LogP contribution in [0.5, 0.6) is 5.75 Å². The molecule has 17 heavy (non-hydrogen) atoms. The average molecular weight is 310 g/mol. The Morgan fingerprint density at radius 2 is 2.29 bits per heavy atom. The van der Waals surface area contributed by atoms with E-state index >= 15 is 0 Å². The van der Waals surface area contributed by atoms with Crippen molar-refractivity contribution in [3.8, 4) is 5.75 Å². The van der Waals surface area contributed by atoms with Gasteiger partial charge in [-0.1, -0.05) is 15.9 Å². The summed E-state index contributed by atoms with van der Waals surface area (Å²) in [5.41, 5.74) is -1.05. The summed E-state index contributed by atoms with van der Waals surface area (Å²) in [5, 5.41) is 9.58. The zero-order valence-corrected chi connectivity index (χ0v) is 10.5. The van der Waals surface area contributed by atoms with Crippen molar-refractivity contribution < 1.29 is 23.4 Å². The molecule has 0 spiro atoms. The second kappa shape index (κ2) is 5.90. The van der Waals surface area contributed by atoms with Crippen molar-refractivity contribution in [1.29, 1.82) is 0 Å². The van der Waals surface area contributed by atoms with Gasteiger partial charge in [0.2, 0.25) is 0 Å². The lowest BCUT2D eigenvalue weighted by atomic mass is 10.1. The quantitative estimate of drug-likeness (QED) is 0.686. The predicted molar refractivity (Wildman–Crippen MR) is 59.4 cm³/mol. The van der Waals surface area contributed by atoms with E-state index in [9.17, 15) is 18.7 Å². The number of hydrogen-bond acceptors (Lipinski definition) is 4. The minimum absolute atomic E-state index is 0.0494. The van der Waals surface area contributed by atoms with Crippen LogP contribution in [0.1, 0.15) is 35.1 Å². The summed E-state index contributed by atoms with van der Waals surface area (Å²) in [7, 11) is 0. The molecule has 1 rings (SSSR count). The first-order chi connectivity index (χ1) is 8.01. The van der Waals surface area contributed by atoms with Gasteiger partial charge in [0.15, 0.2) is 0 Å². The van der Waals surface area contributed by atoms with E-state index in [0.29, 0.717) is 0 Å². The number of nitrogens with zero attached hydrogens (tertiary/aromatic N) is 1. The number of carbonyl (C=O) groups is 1. The van der Waals surface area contributed by atoms with Crippen LogP contribution in [-0.4, -0.2) is 22.7 Å². The van der Waals surface area contributed by atoms with Gasteiger partial charge in [-0.3, -0.25) is 0 Å². The van der Waals surface area contributed by atoms with E-state index in [0.717, 1.165) is 6.07 Å². The number of alkyl halides is 3. The third-order valence-electron chi connectivity index (χ3n) is 1.94. The van der Waals surface area contributed by atoms with Crippen molar-refractivity contribution in [2.45, 2.75) is 18.7 Å².